The maximum absolute atomic E-state index is 6.26. The quantitative estimate of drug-likeness (QED) is 0.689. The minimum Gasteiger partial charge on any atom is -0.458 e. The Kier molecular flexibility index (Phi) is 4.42. The SMILES string of the molecule is NC(CCCc1ccccc1)c1cc2cccc(Br)c2o1. The minimum atomic E-state index is -0.0481. The third-order valence-electron chi connectivity index (χ3n) is 3.70. The van der Waals surface area contributed by atoms with Gasteiger partial charge in [-0.1, -0.05) is 42.5 Å². The Morgan fingerprint density at radius 3 is 2.62 bits per heavy atom. The zero-order valence-electron chi connectivity index (χ0n) is 11.8. The molecule has 2 N–H and O–H groups in total. The molecule has 0 radical (unpaired) electrons. The van der Waals surface area contributed by atoms with Gasteiger partial charge in [-0.3, -0.25) is 0 Å². The van der Waals surface area contributed by atoms with Gasteiger partial charge in [-0.25, -0.2) is 0 Å². The highest BCUT2D eigenvalue weighted by atomic mass is 79.9. The van der Waals surface area contributed by atoms with Gasteiger partial charge in [-0.15, -0.1) is 0 Å². The Morgan fingerprint density at radius 1 is 1.05 bits per heavy atom. The van der Waals surface area contributed by atoms with Crippen LogP contribution in [0, 0.1) is 0 Å². The third-order valence-corrected chi connectivity index (χ3v) is 4.33. The van der Waals surface area contributed by atoms with Crippen LogP contribution in [0.4, 0.5) is 0 Å². The fraction of sp³-hybridized carbons (Fsp3) is 0.222. The standard InChI is InChI=1S/C18H18BrNO/c19-15-10-5-9-14-12-17(21-18(14)15)16(20)11-4-8-13-6-2-1-3-7-13/h1-3,5-7,9-10,12,16H,4,8,11,20H2. The van der Waals surface area contributed by atoms with Gasteiger partial charge in [0.05, 0.1) is 10.5 Å². The highest BCUT2D eigenvalue weighted by Gasteiger charge is 2.13. The molecule has 1 atom stereocenters. The molecule has 2 aromatic carbocycles. The van der Waals surface area contributed by atoms with Crippen LogP contribution in [0.2, 0.25) is 0 Å². The number of halogens is 1. The van der Waals surface area contributed by atoms with E-state index in [1.165, 1.54) is 5.56 Å². The van der Waals surface area contributed by atoms with E-state index in [0.29, 0.717) is 0 Å². The molecule has 3 aromatic rings. The first-order valence-electron chi connectivity index (χ1n) is 7.21. The highest BCUT2D eigenvalue weighted by Crippen LogP contribution is 2.30. The lowest BCUT2D eigenvalue weighted by Crippen LogP contribution is -2.09. The zero-order chi connectivity index (χ0) is 14.7. The molecule has 0 aliphatic heterocycles. The molecule has 21 heavy (non-hydrogen) atoms. The van der Waals surface area contributed by atoms with Crippen LogP contribution in [-0.4, -0.2) is 0 Å². The molecule has 3 rings (SSSR count). The molecule has 0 saturated carbocycles. The molecule has 1 unspecified atom stereocenters. The van der Waals surface area contributed by atoms with E-state index in [2.05, 4.69) is 40.2 Å². The molecule has 0 bridgehead atoms. The lowest BCUT2D eigenvalue weighted by Gasteiger charge is -2.08. The number of furan rings is 1. The van der Waals surface area contributed by atoms with Crippen molar-refractivity contribution in [2.45, 2.75) is 25.3 Å². The number of hydrogen-bond donors (Lipinski definition) is 1. The van der Waals surface area contributed by atoms with Crippen LogP contribution in [0.3, 0.4) is 0 Å². The van der Waals surface area contributed by atoms with Crippen molar-refractivity contribution in [3.05, 3.63) is 70.4 Å². The smallest absolute Gasteiger partial charge is 0.148 e. The fourth-order valence-electron chi connectivity index (χ4n) is 2.54. The molecular formula is C18H18BrNO. The lowest BCUT2D eigenvalue weighted by molar-refractivity contribution is 0.469. The van der Waals surface area contributed by atoms with Gasteiger partial charge in [-0.05, 0) is 52.9 Å². The summed E-state index contributed by atoms with van der Waals surface area (Å²) in [6, 6.07) is 18.5. The summed E-state index contributed by atoms with van der Waals surface area (Å²) in [7, 11) is 0. The third kappa shape index (κ3) is 3.36. The van der Waals surface area contributed by atoms with E-state index in [0.717, 1.165) is 40.5 Å². The summed E-state index contributed by atoms with van der Waals surface area (Å²) in [6.45, 7) is 0. The van der Waals surface area contributed by atoms with Crippen molar-refractivity contribution < 1.29 is 4.42 Å². The summed E-state index contributed by atoms with van der Waals surface area (Å²) in [4.78, 5) is 0. The first-order chi connectivity index (χ1) is 10.2. The van der Waals surface area contributed by atoms with Crippen molar-refractivity contribution in [3.8, 4) is 0 Å². The van der Waals surface area contributed by atoms with Crippen LogP contribution in [0.25, 0.3) is 11.0 Å². The molecule has 0 aliphatic rings. The zero-order valence-corrected chi connectivity index (χ0v) is 13.3. The van der Waals surface area contributed by atoms with Crippen LogP contribution in [-0.2, 0) is 6.42 Å². The van der Waals surface area contributed by atoms with Crippen LogP contribution >= 0.6 is 15.9 Å². The van der Waals surface area contributed by atoms with Crippen LogP contribution in [0.5, 0.6) is 0 Å². The molecule has 0 aliphatic carbocycles. The summed E-state index contributed by atoms with van der Waals surface area (Å²) in [5.41, 5.74) is 8.50. The minimum absolute atomic E-state index is 0.0481. The van der Waals surface area contributed by atoms with Gasteiger partial charge in [0.15, 0.2) is 0 Å². The first kappa shape index (κ1) is 14.4. The topological polar surface area (TPSA) is 39.2 Å². The molecule has 0 spiro atoms. The monoisotopic (exact) mass is 343 g/mol. The Hall–Kier alpha value is -1.58. The Morgan fingerprint density at radius 2 is 1.86 bits per heavy atom. The molecule has 0 fully saturated rings. The predicted molar refractivity (Wildman–Crippen MR) is 90.2 cm³/mol. The maximum Gasteiger partial charge on any atom is 0.148 e. The van der Waals surface area contributed by atoms with Crippen molar-refractivity contribution in [1.82, 2.24) is 0 Å². The Bertz CT molecular complexity index is 720. The summed E-state index contributed by atoms with van der Waals surface area (Å²) < 4.78 is 6.87. The van der Waals surface area contributed by atoms with Crippen LogP contribution in [0.1, 0.15) is 30.2 Å². The average molecular weight is 344 g/mol. The van der Waals surface area contributed by atoms with Gasteiger partial charge in [0.2, 0.25) is 0 Å². The van der Waals surface area contributed by atoms with E-state index in [1.807, 2.05) is 30.3 Å². The molecule has 0 amide bonds. The molecule has 3 heteroatoms. The van der Waals surface area contributed by atoms with E-state index in [9.17, 15) is 0 Å². The van der Waals surface area contributed by atoms with Crippen molar-refractivity contribution in [2.75, 3.05) is 0 Å². The Labute approximate surface area is 133 Å². The number of benzene rings is 2. The summed E-state index contributed by atoms with van der Waals surface area (Å²) in [6.07, 6.45) is 3.04. The van der Waals surface area contributed by atoms with Crippen LogP contribution < -0.4 is 5.73 Å². The normalized spacial score (nSPS) is 12.7. The van der Waals surface area contributed by atoms with E-state index < -0.39 is 0 Å². The number of aryl methyl sites for hydroxylation is 1. The van der Waals surface area contributed by atoms with Gasteiger partial charge in [-0.2, -0.15) is 0 Å². The number of fused-ring (bicyclic) bond motifs is 1. The van der Waals surface area contributed by atoms with Crippen LogP contribution in [0.15, 0.2) is 63.5 Å². The predicted octanol–water partition coefficient (Wildman–Crippen LogP) is 5.22. The molecule has 1 heterocycles. The molecular weight excluding hydrogens is 326 g/mol. The highest BCUT2D eigenvalue weighted by molar-refractivity contribution is 9.10. The molecule has 108 valence electrons. The Balaban J connectivity index is 1.64. The van der Waals surface area contributed by atoms with Crippen molar-refractivity contribution in [3.63, 3.8) is 0 Å². The van der Waals surface area contributed by atoms with E-state index >= 15 is 0 Å². The number of hydrogen-bond acceptors (Lipinski definition) is 2. The summed E-state index contributed by atoms with van der Waals surface area (Å²) in [5.74, 6) is 0.866. The van der Waals surface area contributed by atoms with Crippen molar-refractivity contribution in [2.24, 2.45) is 5.73 Å². The number of rotatable bonds is 5. The largest absolute Gasteiger partial charge is 0.458 e. The second kappa shape index (κ2) is 6.46. The average Bonchev–Trinajstić information content (AvgIpc) is 2.94. The van der Waals surface area contributed by atoms with E-state index in [1.54, 1.807) is 0 Å². The summed E-state index contributed by atoms with van der Waals surface area (Å²) >= 11 is 3.51. The molecule has 0 saturated heterocycles. The van der Waals surface area contributed by atoms with Gasteiger partial charge in [0.1, 0.15) is 11.3 Å². The van der Waals surface area contributed by atoms with Gasteiger partial charge in [0, 0.05) is 5.39 Å². The number of para-hydroxylation sites is 1. The second-order valence-electron chi connectivity index (χ2n) is 5.29. The second-order valence-corrected chi connectivity index (χ2v) is 6.15. The number of nitrogens with two attached hydrogens (primary N) is 1. The lowest BCUT2D eigenvalue weighted by atomic mass is 10.0. The van der Waals surface area contributed by atoms with Gasteiger partial charge in [0.25, 0.3) is 0 Å². The van der Waals surface area contributed by atoms with Crippen molar-refractivity contribution >= 4 is 26.9 Å². The van der Waals surface area contributed by atoms with E-state index in [-0.39, 0.29) is 6.04 Å². The first-order valence-corrected chi connectivity index (χ1v) is 8.01. The van der Waals surface area contributed by atoms with Gasteiger partial charge >= 0.3 is 0 Å². The molecule has 1 aromatic heterocycles. The molecule has 2 nitrogen and oxygen atoms in total. The maximum atomic E-state index is 6.26. The van der Waals surface area contributed by atoms with Crippen molar-refractivity contribution in [1.29, 1.82) is 0 Å². The van der Waals surface area contributed by atoms with Gasteiger partial charge < -0.3 is 10.2 Å². The summed E-state index contributed by atoms with van der Waals surface area (Å²) in [5, 5.41) is 1.10. The van der Waals surface area contributed by atoms with E-state index in [4.69, 9.17) is 10.2 Å². The fourth-order valence-corrected chi connectivity index (χ4v) is 3.01.